The highest BCUT2D eigenvalue weighted by Gasteiger charge is 2.39. The van der Waals surface area contributed by atoms with Gasteiger partial charge in [0.2, 0.25) is 0 Å². The smallest absolute Gasteiger partial charge is 0.163 e. The third-order valence-electron chi connectivity index (χ3n) is 3.25. The van der Waals surface area contributed by atoms with Crippen LogP contribution in [0.4, 0.5) is 0 Å². The Kier molecular flexibility index (Phi) is 7.56. The fraction of sp³-hybridized carbons (Fsp3) is 0.750. The van der Waals surface area contributed by atoms with Gasteiger partial charge in [-0.15, -0.1) is 6.58 Å². The predicted octanol–water partition coefficient (Wildman–Crippen LogP) is 2.40. The van der Waals surface area contributed by atoms with Crippen molar-refractivity contribution in [1.82, 2.24) is 0 Å². The van der Waals surface area contributed by atoms with Crippen LogP contribution >= 0.6 is 0 Å². The number of rotatable bonds is 9. The van der Waals surface area contributed by atoms with E-state index in [0.717, 1.165) is 0 Å². The van der Waals surface area contributed by atoms with E-state index in [1.807, 2.05) is 26.8 Å². The van der Waals surface area contributed by atoms with Crippen molar-refractivity contribution >= 4 is 0 Å². The molecule has 0 saturated carbocycles. The van der Waals surface area contributed by atoms with Gasteiger partial charge in [0.1, 0.15) is 6.79 Å². The van der Waals surface area contributed by atoms with Crippen molar-refractivity contribution in [2.45, 2.75) is 63.8 Å². The Morgan fingerprint density at radius 3 is 2.57 bits per heavy atom. The normalized spacial score (nSPS) is 27.9. The van der Waals surface area contributed by atoms with Crippen LogP contribution in [0.3, 0.4) is 0 Å². The Morgan fingerprint density at radius 2 is 2.05 bits per heavy atom. The quantitative estimate of drug-likeness (QED) is 0.523. The average Bonchev–Trinajstić information content (AvgIpc) is 2.65. The van der Waals surface area contributed by atoms with Crippen molar-refractivity contribution in [1.29, 1.82) is 0 Å². The molecule has 0 radical (unpaired) electrons. The van der Waals surface area contributed by atoms with Crippen LogP contribution in [-0.4, -0.2) is 49.2 Å². The third kappa shape index (κ3) is 6.72. The van der Waals surface area contributed by atoms with Gasteiger partial charge in [-0.1, -0.05) is 18.2 Å². The number of hydrogen-bond acceptors (Lipinski definition) is 5. The van der Waals surface area contributed by atoms with Gasteiger partial charge in [-0.3, -0.25) is 0 Å². The van der Waals surface area contributed by atoms with Crippen molar-refractivity contribution in [2.75, 3.05) is 13.9 Å². The predicted molar refractivity (Wildman–Crippen MR) is 80.8 cm³/mol. The number of aliphatic hydroxyl groups is 1. The number of methoxy groups -OCH3 is 1. The van der Waals surface area contributed by atoms with Gasteiger partial charge in [-0.05, 0) is 27.2 Å². The van der Waals surface area contributed by atoms with Crippen LogP contribution in [0.1, 0.15) is 33.6 Å². The zero-order chi connectivity index (χ0) is 15.9. The maximum atomic E-state index is 9.72. The Balaban J connectivity index is 2.59. The molecule has 0 bridgehead atoms. The van der Waals surface area contributed by atoms with E-state index in [1.165, 1.54) is 0 Å². The average molecular weight is 300 g/mol. The molecule has 0 aromatic rings. The second-order valence-electron chi connectivity index (χ2n) is 5.70. The molecule has 1 rings (SSSR count). The monoisotopic (exact) mass is 300 g/mol. The summed E-state index contributed by atoms with van der Waals surface area (Å²) in [5.41, 5.74) is 0. The largest absolute Gasteiger partial charge is 0.389 e. The molecule has 4 atom stereocenters. The minimum atomic E-state index is -0.568. The van der Waals surface area contributed by atoms with Gasteiger partial charge in [0.05, 0.1) is 24.4 Å². The number of ether oxygens (including phenoxy) is 4. The summed E-state index contributed by atoms with van der Waals surface area (Å²) in [4.78, 5) is 0. The molecule has 1 aliphatic rings. The fourth-order valence-corrected chi connectivity index (χ4v) is 2.34. The van der Waals surface area contributed by atoms with Crippen molar-refractivity contribution in [3.63, 3.8) is 0 Å². The minimum Gasteiger partial charge on any atom is -0.389 e. The summed E-state index contributed by atoms with van der Waals surface area (Å²) in [6, 6.07) is 0. The fourth-order valence-electron chi connectivity index (χ4n) is 2.34. The molecular weight excluding hydrogens is 272 g/mol. The van der Waals surface area contributed by atoms with E-state index in [9.17, 15) is 5.11 Å². The van der Waals surface area contributed by atoms with Crippen molar-refractivity contribution < 1.29 is 24.1 Å². The molecule has 0 amide bonds. The van der Waals surface area contributed by atoms with Crippen LogP contribution < -0.4 is 0 Å². The van der Waals surface area contributed by atoms with Gasteiger partial charge in [0.25, 0.3) is 0 Å². The van der Waals surface area contributed by atoms with Crippen LogP contribution in [-0.2, 0) is 18.9 Å². The van der Waals surface area contributed by atoms with E-state index < -0.39 is 11.9 Å². The summed E-state index contributed by atoms with van der Waals surface area (Å²) >= 11 is 0. The summed E-state index contributed by atoms with van der Waals surface area (Å²) in [7, 11) is 1.58. The molecule has 21 heavy (non-hydrogen) atoms. The van der Waals surface area contributed by atoms with Crippen molar-refractivity contribution in [3.8, 4) is 0 Å². The molecule has 0 aromatic heterocycles. The molecule has 0 spiro atoms. The number of hydrogen-bond donors (Lipinski definition) is 1. The van der Waals surface area contributed by atoms with Crippen LogP contribution in [0.15, 0.2) is 24.8 Å². The first-order valence-electron chi connectivity index (χ1n) is 7.31. The van der Waals surface area contributed by atoms with Gasteiger partial charge in [-0.2, -0.15) is 0 Å². The molecule has 1 saturated heterocycles. The Bertz CT molecular complexity index is 340. The summed E-state index contributed by atoms with van der Waals surface area (Å²) in [6.45, 7) is 9.59. The highest BCUT2D eigenvalue weighted by molar-refractivity contribution is 4.98. The molecular formula is C16H28O5. The van der Waals surface area contributed by atoms with Gasteiger partial charge < -0.3 is 24.1 Å². The highest BCUT2D eigenvalue weighted by atomic mass is 16.8. The molecule has 5 heteroatoms. The van der Waals surface area contributed by atoms with Gasteiger partial charge in [-0.25, -0.2) is 0 Å². The van der Waals surface area contributed by atoms with Crippen LogP contribution in [0.2, 0.25) is 0 Å². The first-order chi connectivity index (χ1) is 9.88. The third-order valence-corrected chi connectivity index (χ3v) is 3.25. The zero-order valence-electron chi connectivity index (χ0n) is 13.5. The number of aliphatic hydroxyl groups excluding tert-OH is 1. The molecule has 1 aliphatic heterocycles. The molecule has 122 valence electrons. The van der Waals surface area contributed by atoms with E-state index in [0.29, 0.717) is 12.8 Å². The Morgan fingerprint density at radius 1 is 1.33 bits per heavy atom. The summed E-state index contributed by atoms with van der Waals surface area (Å²) in [5, 5.41) is 9.72. The molecule has 0 aromatic carbocycles. The van der Waals surface area contributed by atoms with Crippen LogP contribution in [0, 0.1) is 0 Å². The van der Waals surface area contributed by atoms with Crippen LogP contribution in [0.25, 0.3) is 0 Å². The molecule has 1 heterocycles. The highest BCUT2D eigenvalue weighted by Crippen LogP contribution is 2.30. The molecule has 5 nitrogen and oxygen atoms in total. The standard InChI is InChI=1S/C16H28O5/c1-6-7-13(17)8-9-14(19-11-18-5)10-15-12(2)20-16(3,4)21-15/h6,8-9,12-15,17H,1,7,10-11H2,2-5H3/b9-8-/t12-,13+,14+,15-/m0/s1. The lowest BCUT2D eigenvalue weighted by Gasteiger charge is -2.20. The lowest BCUT2D eigenvalue weighted by atomic mass is 10.1. The Hall–Kier alpha value is -0.720. The van der Waals surface area contributed by atoms with Gasteiger partial charge >= 0.3 is 0 Å². The lowest BCUT2D eigenvalue weighted by molar-refractivity contribution is -0.148. The van der Waals surface area contributed by atoms with Gasteiger partial charge in [0, 0.05) is 13.5 Å². The van der Waals surface area contributed by atoms with Crippen molar-refractivity contribution in [3.05, 3.63) is 24.8 Å². The van der Waals surface area contributed by atoms with E-state index in [2.05, 4.69) is 6.58 Å². The molecule has 0 aliphatic carbocycles. The molecule has 1 N–H and O–H groups in total. The van der Waals surface area contributed by atoms with E-state index in [4.69, 9.17) is 18.9 Å². The first-order valence-corrected chi connectivity index (χ1v) is 7.31. The summed E-state index contributed by atoms with van der Waals surface area (Å²) in [5.74, 6) is -0.568. The SMILES string of the molecule is C=CC[C@@H](O)/C=C\[C@H](C[C@@H]1OC(C)(C)O[C@H]1C)OCOC. The summed E-state index contributed by atoms with van der Waals surface area (Å²) < 4.78 is 22.2. The Labute approximate surface area is 127 Å². The topological polar surface area (TPSA) is 57.2 Å². The summed E-state index contributed by atoms with van der Waals surface area (Å²) in [6.07, 6.45) is 5.59. The zero-order valence-corrected chi connectivity index (χ0v) is 13.5. The lowest BCUT2D eigenvalue weighted by Crippen LogP contribution is -2.27. The maximum absolute atomic E-state index is 9.72. The van der Waals surface area contributed by atoms with Gasteiger partial charge in [0.15, 0.2) is 5.79 Å². The van der Waals surface area contributed by atoms with Crippen molar-refractivity contribution in [2.24, 2.45) is 0 Å². The van der Waals surface area contributed by atoms with Crippen LogP contribution in [0.5, 0.6) is 0 Å². The molecule has 1 fully saturated rings. The van der Waals surface area contributed by atoms with E-state index in [1.54, 1.807) is 19.3 Å². The second-order valence-corrected chi connectivity index (χ2v) is 5.70. The first kappa shape index (κ1) is 18.3. The van der Waals surface area contributed by atoms with E-state index >= 15 is 0 Å². The second kappa shape index (κ2) is 8.66. The van der Waals surface area contributed by atoms with E-state index in [-0.39, 0.29) is 25.1 Å². The minimum absolute atomic E-state index is 0.000133. The molecule has 0 unspecified atom stereocenters. The maximum Gasteiger partial charge on any atom is 0.163 e.